The predicted molar refractivity (Wildman–Crippen MR) is 45.7 cm³/mol. The maximum atomic E-state index is 2.35. The van der Waals surface area contributed by atoms with Crippen LogP contribution in [-0.2, 0) is 0 Å². The van der Waals surface area contributed by atoms with Crippen LogP contribution in [0.15, 0.2) is 0 Å². The maximum absolute atomic E-state index is 2.35. The van der Waals surface area contributed by atoms with Gasteiger partial charge in [-0.25, -0.2) is 0 Å². The summed E-state index contributed by atoms with van der Waals surface area (Å²) in [7, 11) is 0. The molecule has 0 amide bonds. The molecule has 1 aliphatic carbocycles. The number of hydrogen-bond donors (Lipinski definition) is 0. The van der Waals surface area contributed by atoms with Gasteiger partial charge >= 0.3 is 58.2 Å². The molecular weight excluding hydrogens is 206 g/mol. The summed E-state index contributed by atoms with van der Waals surface area (Å²) < 4.78 is 0. The molecule has 0 aromatic rings. The molecule has 0 saturated heterocycles. The fourth-order valence-electron chi connectivity index (χ4n) is 1.80. The molecule has 0 unspecified atom stereocenters. The molecule has 11 heavy (non-hydrogen) atoms. The van der Waals surface area contributed by atoms with Crippen LogP contribution in [0.1, 0.15) is 46.5 Å². The van der Waals surface area contributed by atoms with Crippen molar-refractivity contribution in [3.05, 3.63) is 5.92 Å². The van der Waals surface area contributed by atoms with Crippen LogP contribution in [0.2, 0.25) is 0 Å². The van der Waals surface area contributed by atoms with Gasteiger partial charge in [-0.3, -0.25) is 0 Å². The minimum Gasteiger partial charge on any atom is -0.317 e. The van der Waals surface area contributed by atoms with Gasteiger partial charge in [-0.1, -0.05) is 26.7 Å². The van der Waals surface area contributed by atoms with Crippen LogP contribution >= 0.6 is 0 Å². The molecule has 1 fully saturated rings. The zero-order valence-corrected chi connectivity index (χ0v) is 13.4. The van der Waals surface area contributed by atoms with Crippen molar-refractivity contribution in [2.45, 2.75) is 46.5 Å². The second kappa shape index (κ2) is 6.29. The maximum Gasteiger partial charge on any atom is 1.00 e. The summed E-state index contributed by atoms with van der Waals surface area (Å²) in [6.45, 7) is 7.01. The smallest absolute Gasteiger partial charge is 0.317 e. The second-order valence-corrected chi connectivity index (χ2v) is 4.04. The van der Waals surface area contributed by atoms with Crippen molar-refractivity contribution in [2.24, 2.45) is 11.8 Å². The molecule has 1 saturated carbocycles. The summed E-state index contributed by atoms with van der Waals surface area (Å²) in [6, 6.07) is 0. The summed E-state index contributed by atoms with van der Waals surface area (Å²) >= 11 is 0. The van der Waals surface area contributed by atoms with E-state index >= 15 is 0 Å². The largest absolute Gasteiger partial charge is 1.00 e. The van der Waals surface area contributed by atoms with Gasteiger partial charge in [-0.15, -0.1) is 0 Å². The van der Waals surface area contributed by atoms with E-state index in [2.05, 4.69) is 20.8 Å². The molecule has 1 aliphatic rings. The second-order valence-electron chi connectivity index (χ2n) is 4.04. The van der Waals surface area contributed by atoms with Gasteiger partial charge in [-0.05, 0) is 11.8 Å². The van der Waals surface area contributed by atoms with Crippen LogP contribution in [0.5, 0.6) is 0 Å². The first-order valence-corrected chi connectivity index (χ1v) is 4.51. The standard InChI is InChI=1S/C10H19.Rb/c1-8(2)10-6-4-9(3)5-7-10;/h8,10H,4-7H2,1-3H3;/q-1;+1. The Kier molecular flexibility index (Phi) is 7.32. The Bertz CT molecular complexity index is 91.0. The Balaban J connectivity index is 0.000001000. The minimum absolute atomic E-state index is 0. The molecule has 0 N–H and O–H groups in total. The molecule has 0 aromatic heterocycles. The molecule has 0 spiro atoms. The Morgan fingerprint density at radius 2 is 1.64 bits per heavy atom. The molecule has 1 heteroatoms. The van der Waals surface area contributed by atoms with Crippen molar-refractivity contribution in [2.75, 3.05) is 0 Å². The summed E-state index contributed by atoms with van der Waals surface area (Å²) in [4.78, 5) is 0. The third-order valence-electron chi connectivity index (χ3n) is 2.83. The SMILES string of the molecule is C[C-]1CCC(C(C)C)CC1.[Rb+]. The van der Waals surface area contributed by atoms with Gasteiger partial charge in [0.1, 0.15) is 0 Å². The number of hydrogen-bond acceptors (Lipinski definition) is 0. The van der Waals surface area contributed by atoms with E-state index in [4.69, 9.17) is 0 Å². The van der Waals surface area contributed by atoms with Gasteiger partial charge < -0.3 is 5.92 Å². The Morgan fingerprint density at radius 3 is 2.00 bits per heavy atom. The van der Waals surface area contributed by atoms with Crippen molar-refractivity contribution in [3.8, 4) is 0 Å². The fourth-order valence-corrected chi connectivity index (χ4v) is 1.80. The molecule has 0 aliphatic heterocycles. The van der Waals surface area contributed by atoms with Crippen LogP contribution in [0.25, 0.3) is 0 Å². The van der Waals surface area contributed by atoms with Crippen LogP contribution in [0.4, 0.5) is 0 Å². The topological polar surface area (TPSA) is 0 Å². The first-order chi connectivity index (χ1) is 4.70. The van der Waals surface area contributed by atoms with Crippen molar-refractivity contribution in [3.63, 3.8) is 0 Å². The Hall–Kier alpha value is 1.81. The summed E-state index contributed by atoms with van der Waals surface area (Å²) in [5.41, 5.74) is 0. The van der Waals surface area contributed by atoms with Crippen molar-refractivity contribution >= 4 is 0 Å². The predicted octanol–water partition coefficient (Wildman–Crippen LogP) is 0.431. The Labute approximate surface area is 120 Å². The average Bonchev–Trinajstić information content (AvgIpc) is 1.88. The van der Waals surface area contributed by atoms with Gasteiger partial charge in [0.25, 0.3) is 0 Å². The zero-order valence-electron chi connectivity index (χ0n) is 8.48. The van der Waals surface area contributed by atoms with E-state index in [1.54, 1.807) is 5.92 Å². The van der Waals surface area contributed by atoms with E-state index in [1.165, 1.54) is 25.7 Å². The quantitative estimate of drug-likeness (QED) is 0.567. The van der Waals surface area contributed by atoms with E-state index in [-0.39, 0.29) is 58.2 Å². The van der Waals surface area contributed by atoms with Gasteiger partial charge in [-0.2, -0.15) is 19.8 Å². The van der Waals surface area contributed by atoms with Crippen LogP contribution in [0.3, 0.4) is 0 Å². The van der Waals surface area contributed by atoms with Crippen molar-refractivity contribution in [1.82, 2.24) is 0 Å². The third kappa shape index (κ3) is 4.54. The molecule has 0 bridgehead atoms. The van der Waals surface area contributed by atoms with Crippen molar-refractivity contribution in [1.29, 1.82) is 0 Å². The van der Waals surface area contributed by atoms with Gasteiger partial charge in [0.05, 0.1) is 0 Å². The third-order valence-corrected chi connectivity index (χ3v) is 2.83. The van der Waals surface area contributed by atoms with Crippen LogP contribution in [-0.4, -0.2) is 0 Å². The molecule has 60 valence electrons. The van der Waals surface area contributed by atoms with E-state index in [0.29, 0.717) is 0 Å². The molecule has 0 heterocycles. The van der Waals surface area contributed by atoms with Crippen LogP contribution < -0.4 is 58.2 Å². The van der Waals surface area contributed by atoms with E-state index < -0.39 is 0 Å². The van der Waals surface area contributed by atoms with E-state index in [0.717, 1.165) is 11.8 Å². The Morgan fingerprint density at radius 1 is 1.18 bits per heavy atom. The molecule has 1 rings (SSSR count). The average molecular weight is 225 g/mol. The first kappa shape index (κ1) is 12.8. The van der Waals surface area contributed by atoms with Crippen molar-refractivity contribution < 1.29 is 58.2 Å². The zero-order chi connectivity index (χ0) is 7.56. The normalized spacial score (nSPS) is 21.8. The number of rotatable bonds is 1. The van der Waals surface area contributed by atoms with Gasteiger partial charge in [0, 0.05) is 0 Å². The fraction of sp³-hybridized carbons (Fsp3) is 0.900. The summed E-state index contributed by atoms with van der Waals surface area (Å²) in [5, 5.41) is 0. The first-order valence-electron chi connectivity index (χ1n) is 4.51. The minimum atomic E-state index is 0. The monoisotopic (exact) mass is 224 g/mol. The van der Waals surface area contributed by atoms with Gasteiger partial charge in [0.15, 0.2) is 0 Å². The van der Waals surface area contributed by atoms with Crippen LogP contribution in [0, 0.1) is 17.8 Å². The van der Waals surface area contributed by atoms with E-state index in [9.17, 15) is 0 Å². The molecule has 0 aromatic carbocycles. The molecule has 0 radical (unpaired) electrons. The summed E-state index contributed by atoms with van der Waals surface area (Å²) in [6.07, 6.45) is 5.68. The van der Waals surface area contributed by atoms with E-state index in [1.807, 2.05) is 0 Å². The molecular formula is C10H19Rb. The molecule has 0 atom stereocenters. The molecule has 0 nitrogen and oxygen atoms in total. The van der Waals surface area contributed by atoms with Gasteiger partial charge in [0.2, 0.25) is 0 Å². The summed E-state index contributed by atoms with van der Waals surface area (Å²) in [5.74, 6) is 3.65.